The Bertz CT molecular complexity index is 1440. The van der Waals surface area contributed by atoms with Gasteiger partial charge in [0.25, 0.3) is 11.8 Å². The Morgan fingerprint density at radius 1 is 0.946 bits per heavy atom. The van der Waals surface area contributed by atoms with Gasteiger partial charge in [0.05, 0.1) is 17.8 Å². The van der Waals surface area contributed by atoms with E-state index < -0.39 is 17.8 Å². The molecule has 1 aliphatic rings. The highest BCUT2D eigenvalue weighted by atomic mass is 35.5. The van der Waals surface area contributed by atoms with E-state index in [2.05, 4.69) is 11.4 Å². The van der Waals surface area contributed by atoms with E-state index in [9.17, 15) is 14.4 Å². The highest BCUT2D eigenvalue weighted by Gasteiger charge is 2.37. The van der Waals surface area contributed by atoms with Crippen molar-refractivity contribution in [1.82, 2.24) is 5.32 Å². The standard InChI is InChI=1S/C28H24Cl2N2O5/c1-15-8-16(2)10-19(9-15)14-37-25-22(30)12-18(13-24(25)36-4)11-20-26(33)31-28(35)32(27(20)34)23-7-5-6-21(29)17(23)3/h5-13H,14H2,1-4H3,(H,31,33,35)/b20-11+. The summed E-state index contributed by atoms with van der Waals surface area (Å²) >= 11 is 12.7. The fourth-order valence-corrected chi connectivity index (χ4v) is 4.60. The number of halogens is 2. The second-order valence-corrected chi connectivity index (χ2v) is 9.47. The van der Waals surface area contributed by atoms with Crippen molar-refractivity contribution in [3.05, 3.63) is 92.0 Å². The Hall–Kier alpha value is -3.81. The van der Waals surface area contributed by atoms with Gasteiger partial charge < -0.3 is 9.47 Å². The van der Waals surface area contributed by atoms with Crippen LogP contribution in [0.5, 0.6) is 11.5 Å². The lowest BCUT2D eigenvalue weighted by atomic mass is 10.1. The van der Waals surface area contributed by atoms with Crippen molar-refractivity contribution in [2.24, 2.45) is 0 Å². The van der Waals surface area contributed by atoms with Crippen LogP contribution in [-0.2, 0) is 16.2 Å². The summed E-state index contributed by atoms with van der Waals surface area (Å²) < 4.78 is 11.4. The lowest BCUT2D eigenvalue weighted by Gasteiger charge is -2.27. The molecule has 9 heteroatoms. The molecule has 0 bridgehead atoms. The van der Waals surface area contributed by atoms with Crippen LogP contribution in [0.2, 0.25) is 10.0 Å². The number of nitrogens with one attached hydrogen (secondary N) is 1. The van der Waals surface area contributed by atoms with Gasteiger partial charge in [-0.2, -0.15) is 0 Å². The number of nitrogens with zero attached hydrogens (tertiary/aromatic N) is 1. The summed E-state index contributed by atoms with van der Waals surface area (Å²) in [6, 6.07) is 13.3. The number of rotatable bonds is 6. The predicted molar refractivity (Wildman–Crippen MR) is 143 cm³/mol. The molecule has 7 nitrogen and oxygen atoms in total. The number of amides is 4. The van der Waals surface area contributed by atoms with E-state index in [1.54, 1.807) is 37.3 Å². The summed E-state index contributed by atoms with van der Waals surface area (Å²) in [5, 5.41) is 2.82. The Balaban J connectivity index is 1.66. The molecule has 4 amide bonds. The molecule has 3 aromatic rings. The molecule has 0 aliphatic carbocycles. The van der Waals surface area contributed by atoms with Gasteiger partial charge in [-0.25, -0.2) is 9.69 Å². The first-order chi connectivity index (χ1) is 17.6. The summed E-state index contributed by atoms with van der Waals surface area (Å²) in [7, 11) is 1.47. The third-order valence-electron chi connectivity index (χ3n) is 5.81. The molecule has 0 aromatic heterocycles. The lowest BCUT2D eigenvalue weighted by molar-refractivity contribution is -0.122. The summed E-state index contributed by atoms with van der Waals surface area (Å²) in [5.41, 5.74) is 4.18. The maximum Gasteiger partial charge on any atom is 0.335 e. The molecule has 0 radical (unpaired) electrons. The molecule has 1 N–H and O–H groups in total. The topological polar surface area (TPSA) is 84.9 Å². The van der Waals surface area contributed by atoms with Crippen LogP contribution in [0.1, 0.15) is 27.8 Å². The SMILES string of the molecule is COc1cc(/C=C2\C(=O)NC(=O)N(c3cccc(Cl)c3C)C2=O)cc(Cl)c1OCc1cc(C)cc(C)c1. The molecule has 37 heavy (non-hydrogen) atoms. The molecule has 1 aliphatic heterocycles. The van der Waals surface area contributed by atoms with Crippen molar-refractivity contribution in [3.63, 3.8) is 0 Å². The monoisotopic (exact) mass is 538 g/mol. The van der Waals surface area contributed by atoms with Gasteiger partial charge in [-0.15, -0.1) is 0 Å². The van der Waals surface area contributed by atoms with Gasteiger partial charge >= 0.3 is 6.03 Å². The Labute approximate surface area is 224 Å². The van der Waals surface area contributed by atoms with Crippen molar-refractivity contribution in [3.8, 4) is 11.5 Å². The number of benzene rings is 3. The number of aryl methyl sites for hydroxylation is 2. The minimum atomic E-state index is -0.858. The van der Waals surface area contributed by atoms with Crippen LogP contribution in [0.4, 0.5) is 10.5 Å². The summed E-state index contributed by atoms with van der Waals surface area (Å²) in [4.78, 5) is 39.3. The van der Waals surface area contributed by atoms with Crippen molar-refractivity contribution >= 4 is 52.8 Å². The van der Waals surface area contributed by atoms with Crippen LogP contribution in [0.3, 0.4) is 0 Å². The highest BCUT2D eigenvalue weighted by molar-refractivity contribution is 6.40. The van der Waals surface area contributed by atoms with Crippen LogP contribution in [0.15, 0.2) is 54.1 Å². The molecule has 0 spiro atoms. The minimum Gasteiger partial charge on any atom is -0.493 e. The Morgan fingerprint density at radius 2 is 1.65 bits per heavy atom. The molecular weight excluding hydrogens is 515 g/mol. The largest absolute Gasteiger partial charge is 0.493 e. The maximum absolute atomic E-state index is 13.3. The first kappa shape index (κ1) is 26.3. The van der Waals surface area contributed by atoms with Gasteiger partial charge in [0.2, 0.25) is 0 Å². The van der Waals surface area contributed by atoms with Gasteiger partial charge in [0.15, 0.2) is 11.5 Å². The number of carbonyl (C=O) groups is 3. The summed E-state index contributed by atoms with van der Waals surface area (Å²) in [6.07, 6.45) is 1.35. The zero-order valence-corrected chi connectivity index (χ0v) is 22.2. The lowest BCUT2D eigenvalue weighted by Crippen LogP contribution is -2.54. The summed E-state index contributed by atoms with van der Waals surface area (Å²) in [5.74, 6) is -0.956. The highest BCUT2D eigenvalue weighted by Crippen LogP contribution is 2.38. The van der Waals surface area contributed by atoms with E-state index in [0.29, 0.717) is 27.6 Å². The smallest absolute Gasteiger partial charge is 0.335 e. The second kappa shape index (κ2) is 10.7. The van der Waals surface area contributed by atoms with Gasteiger partial charge in [-0.05, 0) is 67.8 Å². The van der Waals surface area contributed by atoms with Crippen molar-refractivity contribution in [1.29, 1.82) is 0 Å². The number of barbiturate groups is 1. The van der Waals surface area contributed by atoms with Gasteiger partial charge in [0, 0.05) is 5.02 Å². The minimum absolute atomic E-state index is 0.234. The van der Waals surface area contributed by atoms with Crippen molar-refractivity contribution in [2.75, 3.05) is 12.0 Å². The molecule has 190 valence electrons. The van der Waals surface area contributed by atoms with E-state index in [4.69, 9.17) is 32.7 Å². The molecule has 1 heterocycles. The second-order valence-electron chi connectivity index (χ2n) is 8.66. The molecule has 0 atom stereocenters. The molecule has 0 unspecified atom stereocenters. The van der Waals surface area contributed by atoms with Gasteiger partial charge in [-0.3, -0.25) is 14.9 Å². The first-order valence-electron chi connectivity index (χ1n) is 11.3. The van der Waals surface area contributed by atoms with Crippen LogP contribution < -0.4 is 19.7 Å². The van der Waals surface area contributed by atoms with Crippen molar-refractivity contribution in [2.45, 2.75) is 27.4 Å². The maximum atomic E-state index is 13.3. The van der Waals surface area contributed by atoms with E-state index in [0.717, 1.165) is 21.6 Å². The number of hydrogen-bond acceptors (Lipinski definition) is 5. The number of carbonyl (C=O) groups excluding carboxylic acids is 3. The number of urea groups is 1. The number of hydrogen-bond donors (Lipinski definition) is 1. The molecular formula is C28H24Cl2N2O5. The van der Waals surface area contributed by atoms with Crippen LogP contribution in [0.25, 0.3) is 6.08 Å². The number of methoxy groups -OCH3 is 1. The average Bonchev–Trinajstić information content (AvgIpc) is 2.82. The molecule has 3 aromatic carbocycles. The quantitative estimate of drug-likeness (QED) is 0.299. The number of imide groups is 2. The van der Waals surface area contributed by atoms with Gasteiger partial charge in [-0.1, -0.05) is 58.6 Å². The first-order valence-corrected chi connectivity index (χ1v) is 12.1. The zero-order chi connectivity index (χ0) is 26.9. The van der Waals surface area contributed by atoms with Gasteiger partial charge in [0.1, 0.15) is 12.2 Å². The van der Waals surface area contributed by atoms with Crippen LogP contribution in [-0.4, -0.2) is 25.0 Å². The fraction of sp³-hybridized carbons (Fsp3) is 0.179. The van der Waals surface area contributed by atoms with Crippen LogP contribution in [0, 0.1) is 20.8 Å². The van der Waals surface area contributed by atoms with E-state index in [1.807, 2.05) is 26.0 Å². The Morgan fingerprint density at radius 3 is 2.32 bits per heavy atom. The third kappa shape index (κ3) is 5.48. The van der Waals surface area contributed by atoms with Crippen LogP contribution >= 0.6 is 23.2 Å². The fourth-order valence-electron chi connectivity index (χ4n) is 4.15. The molecule has 4 rings (SSSR count). The van der Waals surface area contributed by atoms with E-state index >= 15 is 0 Å². The zero-order valence-electron chi connectivity index (χ0n) is 20.6. The molecule has 0 saturated carbocycles. The predicted octanol–water partition coefficient (Wildman–Crippen LogP) is 6.17. The molecule has 1 saturated heterocycles. The van der Waals surface area contributed by atoms with E-state index in [1.165, 1.54) is 13.2 Å². The summed E-state index contributed by atoms with van der Waals surface area (Å²) in [6.45, 7) is 5.98. The number of anilines is 1. The third-order valence-corrected chi connectivity index (χ3v) is 6.50. The van der Waals surface area contributed by atoms with E-state index in [-0.39, 0.29) is 22.9 Å². The normalized spacial score (nSPS) is 14.7. The Kier molecular flexibility index (Phi) is 7.57. The van der Waals surface area contributed by atoms with Crippen molar-refractivity contribution < 1.29 is 23.9 Å². The molecule has 1 fully saturated rings. The average molecular weight is 539 g/mol. The number of ether oxygens (including phenoxy) is 2.